The molecule has 0 aliphatic carbocycles. The lowest BCUT2D eigenvalue weighted by molar-refractivity contribution is 0.383. The first-order valence-electron chi connectivity index (χ1n) is 6.93. The molecule has 0 aliphatic heterocycles. The maximum absolute atomic E-state index is 5.72. The number of thioether (sulfide) groups is 1. The van der Waals surface area contributed by atoms with Crippen LogP contribution in [0.1, 0.15) is 39.3 Å². The third kappa shape index (κ3) is 5.86. The first-order valence-corrected chi connectivity index (χ1v) is 8.33. The van der Waals surface area contributed by atoms with Crippen molar-refractivity contribution in [2.75, 3.05) is 25.1 Å². The summed E-state index contributed by atoms with van der Waals surface area (Å²) in [5.74, 6) is 3.40. The molecule has 0 radical (unpaired) electrons. The van der Waals surface area contributed by atoms with Gasteiger partial charge in [0.05, 0.1) is 6.20 Å². The Morgan fingerprint density at radius 1 is 1.40 bits per heavy atom. The highest BCUT2D eigenvalue weighted by atomic mass is 32.2. The van der Waals surface area contributed by atoms with Crippen molar-refractivity contribution in [2.24, 2.45) is 4.99 Å². The topological polar surface area (TPSA) is 62.5 Å². The van der Waals surface area contributed by atoms with Gasteiger partial charge >= 0.3 is 0 Å². The van der Waals surface area contributed by atoms with E-state index in [9.17, 15) is 0 Å². The van der Waals surface area contributed by atoms with Crippen LogP contribution in [-0.4, -0.2) is 36.0 Å². The smallest absolute Gasteiger partial charge is 0.216 e. The standard InChI is InChI=1S/C14H26N4OS/c1-6-15-13(16-7-8-20-5)18-10-12-17-9-11(19-12)14(2,3)4/h9H,6-8,10H2,1-5H3,(H2,15,16,18). The van der Waals surface area contributed by atoms with E-state index >= 15 is 0 Å². The highest BCUT2D eigenvalue weighted by Crippen LogP contribution is 2.22. The molecule has 0 spiro atoms. The first-order chi connectivity index (χ1) is 9.47. The molecule has 0 unspecified atom stereocenters. The predicted octanol–water partition coefficient (Wildman–Crippen LogP) is 2.39. The summed E-state index contributed by atoms with van der Waals surface area (Å²) >= 11 is 1.81. The van der Waals surface area contributed by atoms with Crippen LogP contribution >= 0.6 is 11.8 Å². The average Bonchev–Trinajstić information content (AvgIpc) is 2.85. The minimum atomic E-state index is -0.0178. The molecule has 6 heteroatoms. The van der Waals surface area contributed by atoms with Gasteiger partial charge in [-0.05, 0) is 13.2 Å². The van der Waals surface area contributed by atoms with Gasteiger partial charge in [0.1, 0.15) is 12.3 Å². The molecule has 0 amide bonds. The van der Waals surface area contributed by atoms with Crippen molar-refractivity contribution >= 4 is 17.7 Å². The number of aliphatic imine (C=N–C) groups is 1. The molecule has 1 aromatic rings. The maximum Gasteiger partial charge on any atom is 0.216 e. The van der Waals surface area contributed by atoms with Gasteiger partial charge in [-0.3, -0.25) is 0 Å². The Morgan fingerprint density at radius 2 is 2.15 bits per heavy atom. The molecule has 114 valence electrons. The summed E-state index contributed by atoms with van der Waals surface area (Å²) in [5.41, 5.74) is -0.0178. The maximum atomic E-state index is 5.72. The van der Waals surface area contributed by atoms with Gasteiger partial charge < -0.3 is 15.1 Å². The van der Waals surface area contributed by atoms with Crippen LogP contribution in [0, 0.1) is 0 Å². The first kappa shape index (κ1) is 16.9. The Bertz CT molecular complexity index is 423. The fourth-order valence-corrected chi connectivity index (χ4v) is 1.80. The number of aromatic nitrogens is 1. The van der Waals surface area contributed by atoms with Gasteiger partial charge in [0.15, 0.2) is 5.96 Å². The van der Waals surface area contributed by atoms with Gasteiger partial charge in [0.25, 0.3) is 0 Å². The molecule has 0 bridgehead atoms. The van der Waals surface area contributed by atoms with Gasteiger partial charge in [-0.25, -0.2) is 9.98 Å². The molecule has 0 saturated heterocycles. The zero-order valence-electron chi connectivity index (χ0n) is 13.1. The molecule has 1 heterocycles. The van der Waals surface area contributed by atoms with Crippen LogP contribution in [0.2, 0.25) is 0 Å². The Hall–Kier alpha value is -1.17. The number of hydrogen-bond donors (Lipinski definition) is 2. The number of oxazole rings is 1. The van der Waals surface area contributed by atoms with Gasteiger partial charge in [0.2, 0.25) is 5.89 Å². The van der Waals surface area contributed by atoms with Crippen molar-refractivity contribution in [3.05, 3.63) is 17.8 Å². The Labute approximate surface area is 126 Å². The summed E-state index contributed by atoms with van der Waals surface area (Å²) in [7, 11) is 0. The van der Waals surface area contributed by atoms with Crippen LogP contribution in [0.3, 0.4) is 0 Å². The summed E-state index contributed by atoms with van der Waals surface area (Å²) in [6.45, 7) is 10.5. The van der Waals surface area contributed by atoms with Gasteiger partial charge in [-0.15, -0.1) is 0 Å². The Morgan fingerprint density at radius 3 is 2.70 bits per heavy atom. The van der Waals surface area contributed by atoms with Crippen LogP contribution in [0.15, 0.2) is 15.6 Å². The van der Waals surface area contributed by atoms with E-state index < -0.39 is 0 Å². The zero-order valence-corrected chi connectivity index (χ0v) is 13.9. The Balaban J connectivity index is 2.59. The molecule has 5 nitrogen and oxygen atoms in total. The van der Waals surface area contributed by atoms with Crippen LogP contribution < -0.4 is 10.6 Å². The van der Waals surface area contributed by atoms with E-state index in [1.54, 1.807) is 18.0 Å². The molecule has 0 aliphatic rings. The third-order valence-electron chi connectivity index (χ3n) is 2.61. The lowest BCUT2D eigenvalue weighted by Crippen LogP contribution is -2.38. The van der Waals surface area contributed by atoms with Crippen LogP contribution in [-0.2, 0) is 12.0 Å². The van der Waals surface area contributed by atoms with Crippen molar-refractivity contribution in [2.45, 2.75) is 39.7 Å². The van der Waals surface area contributed by atoms with Crippen LogP contribution in [0.5, 0.6) is 0 Å². The minimum Gasteiger partial charge on any atom is -0.443 e. The fourth-order valence-electron chi connectivity index (χ4n) is 1.49. The Kier molecular flexibility index (Phi) is 6.91. The average molecular weight is 298 g/mol. The molecule has 2 N–H and O–H groups in total. The number of nitrogens with one attached hydrogen (secondary N) is 2. The van der Waals surface area contributed by atoms with Gasteiger partial charge in [-0.2, -0.15) is 11.8 Å². The SMILES string of the molecule is CCNC(=NCc1ncc(C(C)(C)C)o1)NCCSC. The highest BCUT2D eigenvalue weighted by molar-refractivity contribution is 7.98. The van der Waals surface area contributed by atoms with E-state index in [1.165, 1.54) is 0 Å². The van der Waals surface area contributed by atoms with Crippen molar-refractivity contribution in [1.82, 2.24) is 15.6 Å². The molecule has 0 saturated carbocycles. The number of nitrogens with zero attached hydrogens (tertiary/aromatic N) is 2. The predicted molar refractivity (Wildman–Crippen MR) is 86.4 cm³/mol. The molecule has 1 aromatic heterocycles. The third-order valence-corrected chi connectivity index (χ3v) is 3.22. The second-order valence-electron chi connectivity index (χ2n) is 5.48. The number of hydrogen-bond acceptors (Lipinski definition) is 4. The van der Waals surface area contributed by atoms with E-state index in [0.717, 1.165) is 30.6 Å². The lowest BCUT2D eigenvalue weighted by Gasteiger charge is -2.13. The number of rotatable bonds is 6. The van der Waals surface area contributed by atoms with Crippen LogP contribution in [0.25, 0.3) is 0 Å². The van der Waals surface area contributed by atoms with Crippen LogP contribution in [0.4, 0.5) is 0 Å². The molecule has 0 atom stereocenters. The van der Waals surface area contributed by atoms with E-state index in [4.69, 9.17) is 4.42 Å². The molecular formula is C14H26N4OS. The molecule has 20 heavy (non-hydrogen) atoms. The monoisotopic (exact) mass is 298 g/mol. The van der Waals surface area contributed by atoms with Gasteiger partial charge in [0, 0.05) is 24.3 Å². The number of guanidine groups is 1. The van der Waals surface area contributed by atoms with E-state index in [1.807, 2.05) is 0 Å². The largest absolute Gasteiger partial charge is 0.443 e. The van der Waals surface area contributed by atoms with Crippen molar-refractivity contribution in [3.63, 3.8) is 0 Å². The normalized spacial score (nSPS) is 12.6. The molecule has 1 rings (SSSR count). The highest BCUT2D eigenvalue weighted by Gasteiger charge is 2.18. The van der Waals surface area contributed by atoms with Crippen molar-refractivity contribution < 1.29 is 4.42 Å². The van der Waals surface area contributed by atoms with E-state index in [0.29, 0.717) is 12.4 Å². The van der Waals surface area contributed by atoms with Crippen molar-refractivity contribution in [1.29, 1.82) is 0 Å². The zero-order chi connectivity index (χ0) is 15.0. The summed E-state index contributed by atoms with van der Waals surface area (Å²) in [5, 5.41) is 6.49. The van der Waals surface area contributed by atoms with E-state index in [-0.39, 0.29) is 5.41 Å². The summed E-state index contributed by atoms with van der Waals surface area (Å²) in [6.07, 6.45) is 3.88. The summed E-state index contributed by atoms with van der Waals surface area (Å²) in [4.78, 5) is 8.76. The second kappa shape index (κ2) is 8.19. The summed E-state index contributed by atoms with van der Waals surface area (Å²) < 4.78 is 5.72. The fraction of sp³-hybridized carbons (Fsp3) is 0.714. The molecule has 0 fully saturated rings. The lowest BCUT2D eigenvalue weighted by atomic mass is 9.94. The molecular weight excluding hydrogens is 272 g/mol. The van der Waals surface area contributed by atoms with Gasteiger partial charge in [-0.1, -0.05) is 20.8 Å². The minimum absolute atomic E-state index is 0.0178. The van der Waals surface area contributed by atoms with E-state index in [2.05, 4.69) is 54.6 Å². The van der Waals surface area contributed by atoms with Crippen molar-refractivity contribution in [3.8, 4) is 0 Å². The second-order valence-corrected chi connectivity index (χ2v) is 6.47. The molecule has 0 aromatic carbocycles. The quantitative estimate of drug-likeness (QED) is 0.480. The summed E-state index contributed by atoms with van der Waals surface area (Å²) in [6, 6.07) is 0.